The fourth-order valence-corrected chi connectivity index (χ4v) is 3.52. The number of methoxy groups -OCH3 is 1. The van der Waals surface area contributed by atoms with Crippen LogP contribution in [0.3, 0.4) is 0 Å². The Balaban J connectivity index is 2.19. The Labute approximate surface area is 147 Å². The van der Waals surface area contributed by atoms with E-state index in [2.05, 4.69) is 15.9 Å². The maximum absolute atomic E-state index is 12.4. The van der Waals surface area contributed by atoms with Gasteiger partial charge in [-0.1, -0.05) is 12.1 Å². The highest BCUT2D eigenvalue weighted by Gasteiger charge is 2.24. The molecule has 1 aromatic carbocycles. The van der Waals surface area contributed by atoms with Crippen LogP contribution in [0.4, 0.5) is 0 Å². The van der Waals surface area contributed by atoms with Gasteiger partial charge in [0.1, 0.15) is 17.2 Å². The Morgan fingerprint density at radius 3 is 2.48 bits per heavy atom. The van der Waals surface area contributed by atoms with Gasteiger partial charge in [0.15, 0.2) is 5.75 Å². The van der Waals surface area contributed by atoms with Crippen molar-refractivity contribution in [2.45, 2.75) is 13.5 Å². The summed E-state index contributed by atoms with van der Waals surface area (Å²) in [6.07, 6.45) is 0. The molecule has 0 spiro atoms. The van der Waals surface area contributed by atoms with Gasteiger partial charge in [0.05, 0.1) is 18.7 Å². The molecule has 5 nitrogen and oxygen atoms in total. The van der Waals surface area contributed by atoms with Crippen LogP contribution in [0.25, 0.3) is 0 Å². The quantitative estimate of drug-likeness (QED) is 0.687. The molecule has 23 heavy (non-hydrogen) atoms. The molecule has 0 fully saturated rings. The van der Waals surface area contributed by atoms with Gasteiger partial charge in [-0.05, 0) is 40.5 Å². The van der Waals surface area contributed by atoms with E-state index in [0.717, 1.165) is 20.7 Å². The van der Waals surface area contributed by atoms with E-state index in [4.69, 9.17) is 14.3 Å². The summed E-state index contributed by atoms with van der Waals surface area (Å²) >= 11 is 4.86. The molecule has 0 saturated carbocycles. The number of carbonyl (C=O) groups excluding carboxylic acids is 1. The molecule has 1 amide bonds. The van der Waals surface area contributed by atoms with Gasteiger partial charge in [-0.25, -0.2) is 5.06 Å². The fourth-order valence-electron chi connectivity index (χ4n) is 1.88. The number of rotatable bonds is 6. The zero-order valence-electron chi connectivity index (χ0n) is 13.4. The molecule has 0 saturated heterocycles. The van der Waals surface area contributed by atoms with Gasteiger partial charge in [0, 0.05) is 11.9 Å². The van der Waals surface area contributed by atoms with E-state index in [1.54, 1.807) is 14.2 Å². The first-order valence-electron chi connectivity index (χ1n) is 6.84. The Morgan fingerprint density at radius 2 is 1.91 bits per heavy atom. The zero-order valence-corrected chi connectivity index (χ0v) is 15.8. The lowest BCUT2D eigenvalue weighted by atomic mass is 10.2. The largest absolute Gasteiger partial charge is 0.497 e. The number of hydrogen-bond acceptors (Lipinski definition) is 5. The van der Waals surface area contributed by atoms with E-state index < -0.39 is 0 Å². The number of hydrogen-bond donors (Lipinski definition) is 0. The van der Waals surface area contributed by atoms with Crippen molar-refractivity contribution < 1.29 is 19.1 Å². The van der Waals surface area contributed by atoms with Crippen molar-refractivity contribution in [1.82, 2.24) is 5.06 Å². The molecule has 1 heterocycles. The highest BCUT2D eigenvalue weighted by atomic mass is 79.9. The normalized spacial score (nSPS) is 10.5. The number of hydroxylamine groups is 2. The average molecular weight is 400 g/mol. The van der Waals surface area contributed by atoms with Crippen LogP contribution in [0.5, 0.6) is 11.5 Å². The predicted octanol–water partition coefficient (Wildman–Crippen LogP) is 4.04. The molecule has 0 atom stereocenters. The van der Waals surface area contributed by atoms with Crippen molar-refractivity contribution in [3.05, 3.63) is 44.1 Å². The second-order valence-corrected chi connectivity index (χ2v) is 6.77. The minimum Gasteiger partial charge on any atom is -0.497 e. The van der Waals surface area contributed by atoms with Crippen LogP contribution in [0, 0.1) is 6.92 Å². The molecule has 124 valence electrons. The number of amides is 1. The molecule has 0 unspecified atom stereocenters. The Bertz CT molecular complexity index is 684. The monoisotopic (exact) mass is 399 g/mol. The van der Waals surface area contributed by atoms with Crippen molar-refractivity contribution in [1.29, 1.82) is 0 Å². The molecule has 0 N–H and O–H groups in total. The number of thiophene rings is 1. The van der Waals surface area contributed by atoms with E-state index in [9.17, 15) is 4.79 Å². The van der Waals surface area contributed by atoms with Crippen molar-refractivity contribution >= 4 is 33.2 Å². The van der Waals surface area contributed by atoms with Crippen molar-refractivity contribution in [3.63, 3.8) is 0 Å². The van der Waals surface area contributed by atoms with Crippen LogP contribution >= 0.6 is 27.3 Å². The second kappa shape index (κ2) is 7.81. The summed E-state index contributed by atoms with van der Waals surface area (Å²) in [6.45, 7) is 2.29. The molecule has 0 aliphatic carbocycles. The van der Waals surface area contributed by atoms with Crippen LogP contribution in [-0.2, 0) is 11.4 Å². The third kappa shape index (κ3) is 4.04. The van der Waals surface area contributed by atoms with Gasteiger partial charge in [0.25, 0.3) is 5.91 Å². The first-order chi connectivity index (χ1) is 11.0. The molecule has 0 aliphatic heterocycles. The third-order valence-electron chi connectivity index (χ3n) is 3.27. The van der Waals surface area contributed by atoms with Crippen LogP contribution in [-0.4, -0.2) is 32.2 Å². The minimum absolute atomic E-state index is 0.240. The number of ether oxygens (including phenoxy) is 2. The second-order valence-electron chi connectivity index (χ2n) is 4.75. The van der Waals surface area contributed by atoms with Gasteiger partial charge in [-0.15, -0.1) is 11.3 Å². The zero-order chi connectivity index (χ0) is 17.0. The van der Waals surface area contributed by atoms with Crippen LogP contribution < -0.4 is 9.47 Å². The van der Waals surface area contributed by atoms with Crippen LogP contribution in [0.15, 0.2) is 28.7 Å². The lowest BCUT2D eigenvalue weighted by molar-refractivity contribution is -0.0755. The molecule has 2 aromatic rings. The number of aryl methyl sites for hydroxylation is 1. The number of nitrogens with zero attached hydrogens (tertiary/aromatic N) is 1. The number of benzene rings is 1. The van der Waals surface area contributed by atoms with Gasteiger partial charge >= 0.3 is 0 Å². The summed E-state index contributed by atoms with van der Waals surface area (Å²) in [5.74, 6) is 1.09. The van der Waals surface area contributed by atoms with Gasteiger partial charge in [0.2, 0.25) is 0 Å². The smallest absolute Gasteiger partial charge is 0.291 e. The van der Waals surface area contributed by atoms with E-state index in [0.29, 0.717) is 17.2 Å². The Morgan fingerprint density at radius 1 is 1.26 bits per heavy atom. The van der Waals surface area contributed by atoms with Gasteiger partial charge in [-0.2, -0.15) is 0 Å². The van der Waals surface area contributed by atoms with E-state index in [1.165, 1.54) is 23.5 Å². The molecule has 7 heteroatoms. The fraction of sp³-hybridized carbons (Fsp3) is 0.312. The third-order valence-corrected chi connectivity index (χ3v) is 5.56. The topological polar surface area (TPSA) is 48.0 Å². The average Bonchev–Trinajstić information content (AvgIpc) is 2.86. The molecule has 1 aromatic heterocycles. The van der Waals surface area contributed by atoms with E-state index >= 15 is 0 Å². The summed E-state index contributed by atoms with van der Waals surface area (Å²) in [4.78, 5) is 18.8. The van der Waals surface area contributed by atoms with Crippen LogP contribution in [0.2, 0.25) is 0 Å². The highest BCUT2D eigenvalue weighted by Crippen LogP contribution is 2.40. The van der Waals surface area contributed by atoms with Gasteiger partial charge < -0.3 is 9.47 Å². The van der Waals surface area contributed by atoms with Gasteiger partial charge in [-0.3, -0.25) is 9.63 Å². The molecule has 0 radical (unpaired) electrons. The molecule has 0 aliphatic rings. The molecular weight excluding hydrogens is 382 g/mol. The molecular formula is C16H18BrNO4S. The maximum atomic E-state index is 12.4. The summed E-state index contributed by atoms with van der Waals surface area (Å²) in [7, 11) is 4.64. The first kappa shape index (κ1) is 17.8. The molecule has 2 rings (SSSR count). The summed E-state index contributed by atoms with van der Waals surface area (Å²) in [5.41, 5.74) is 0.986. The number of halogens is 1. The first-order valence-corrected chi connectivity index (χ1v) is 8.45. The number of carbonyl (C=O) groups is 1. The van der Waals surface area contributed by atoms with Crippen molar-refractivity contribution in [2.24, 2.45) is 0 Å². The maximum Gasteiger partial charge on any atom is 0.291 e. The van der Waals surface area contributed by atoms with E-state index in [-0.39, 0.29) is 5.91 Å². The van der Waals surface area contributed by atoms with Crippen molar-refractivity contribution in [2.75, 3.05) is 21.3 Å². The Hall–Kier alpha value is -1.57. The Kier molecular flexibility index (Phi) is 6.04. The summed E-state index contributed by atoms with van der Waals surface area (Å²) in [5, 5.41) is 1.18. The van der Waals surface area contributed by atoms with Crippen LogP contribution in [0.1, 0.15) is 20.1 Å². The highest BCUT2D eigenvalue weighted by molar-refractivity contribution is 9.10. The molecule has 0 bridgehead atoms. The van der Waals surface area contributed by atoms with E-state index in [1.807, 2.05) is 31.2 Å². The van der Waals surface area contributed by atoms with Crippen molar-refractivity contribution in [3.8, 4) is 11.5 Å². The lowest BCUT2D eigenvalue weighted by Crippen LogP contribution is -2.25. The summed E-state index contributed by atoms with van der Waals surface area (Å²) in [6, 6.07) is 7.60. The lowest BCUT2D eigenvalue weighted by Gasteiger charge is -2.14. The standard InChI is InChI=1S/C16H18BrNO4S/c1-10-13(17)14(15(23-10)16(19)18(2)21-4)22-9-11-5-7-12(20-3)8-6-11/h5-8H,9H2,1-4H3. The predicted molar refractivity (Wildman–Crippen MR) is 93.2 cm³/mol. The summed E-state index contributed by atoms with van der Waals surface area (Å²) < 4.78 is 11.8. The minimum atomic E-state index is -0.240. The SMILES string of the molecule is COc1ccc(COc2c(C(=O)N(C)OC)sc(C)c2Br)cc1.